The van der Waals surface area contributed by atoms with Gasteiger partial charge in [-0.25, -0.2) is 15.2 Å². The van der Waals surface area contributed by atoms with Gasteiger partial charge in [-0.05, 0) is 24.6 Å². The van der Waals surface area contributed by atoms with E-state index < -0.39 is 12.0 Å². The minimum atomic E-state index is -0.697. The summed E-state index contributed by atoms with van der Waals surface area (Å²) >= 11 is 9.36. The lowest BCUT2D eigenvalue weighted by Crippen LogP contribution is -2.47. The van der Waals surface area contributed by atoms with Gasteiger partial charge in [0.25, 0.3) is 0 Å². The summed E-state index contributed by atoms with van der Waals surface area (Å²) in [5, 5.41) is 7.76. The zero-order chi connectivity index (χ0) is 13.9. The maximum atomic E-state index is 11.8. The number of halogens is 3. The molecule has 106 valence electrons. The summed E-state index contributed by atoms with van der Waals surface area (Å²) in [4.78, 5) is 17.2. The quantitative estimate of drug-likeness (QED) is 0.424. The van der Waals surface area contributed by atoms with Crippen molar-refractivity contribution in [2.75, 3.05) is 12.0 Å². The van der Waals surface area contributed by atoms with E-state index in [4.69, 9.17) is 22.7 Å². The first kappa shape index (κ1) is 18.0. The molecule has 0 saturated heterocycles. The lowest BCUT2D eigenvalue weighted by molar-refractivity contribution is 0.112. The van der Waals surface area contributed by atoms with Gasteiger partial charge >= 0.3 is 6.03 Å². The number of carbonyl (C=O) groups excluding carboxylic acids is 1. The van der Waals surface area contributed by atoms with Gasteiger partial charge in [0, 0.05) is 4.47 Å². The minimum Gasteiger partial charge on any atom is -0.369 e. The van der Waals surface area contributed by atoms with E-state index >= 15 is 0 Å². The summed E-state index contributed by atoms with van der Waals surface area (Å²) in [5.74, 6) is -0.461. The number of aryl methyl sites for hydroxylation is 1. The van der Waals surface area contributed by atoms with Crippen molar-refractivity contribution in [3.8, 4) is 0 Å². The van der Waals surface area contributed by atoms with Crippen LogP contribution in [0.2, 0.25) is 5.02 Å². The van der Waals surface area contributed by atoms with Gasteiger partial charge in [0.05, 0.1) is 17.8 Å². The van der Waals surface area contributed by atoms with Gasteiger partial charge in [-0.2, -0.15) is 0 Å². The normalized spacial score (nSPS) is 9.47. The molecule has 2 amide bonds. The van der Waals surface area contributed by atoms with Gasteiger partial charge in [-0.3, -0.25) is 10.2 Å². The number of rotatable bonds is 2. The second-order valence-electron chi connectivity index (χ2n) is 3.39. The Kier molecular flexibility index (Phi) is 7.14. The fraction of sp³-hybridized carbons (Fsp3) is 0.200. The molecule has 1 rings (SSSR count). The van der Waals surface area contributed by atoms with Gasteiger partial charge in [-0.15, -0.1) is 12.4 Å². The second kappa shape index (κ2) is 7.54. The van der Waals surface area contributed by atoms with E-state index in [1.54, 1.807) is 19.1 Å². The number of hydroxylamine groups is 1. The number of nitrogens with zero attached hydrogens (tertiary/aromatic N) is 1. The molecule has 0 fully saturated rings. The Hall–Kier alpha value is -1.02. The maximum absolute atomic E-state index is 11.8. The predicted molar refractivity (Wildman–Crippen MR) is 81.1 cm³/mol. The van der Waals surface area contributed by atoms with Crippen LogP contribution in [0.5, 0.6) is 0 Å². The van der Waals surface area contributed by atoms with Gasteiger partial charge < -0.3 is 5.73 Å². The van der Waals surface area contributed by atoms with Crippen molar-refractivity contribution in [2.24, 2.45) is 5.73 Å². The summed E-state index contributed by atoms with van der Waals surface area (Å²) in [7, 11) is 1.28. The Morgan fingerprint density at radius 3 is 2.58 bits per heavy atom. The van der Waals surface area contributed by atoms with Crippen molar-refractivity contribution in [1.29, 1.82) is 5.41 Å². The average Bonchev–Trinajstić information content (AvgIpc) is 2.22. The highest BCUT2D eigenvalue weighted by molar-refractivity contribution is 9.10. The SMILES string of the molecule is CONC(=O)N(C(=N)N)c1c(C)cc(Br)cc1Cl.Cl. The monoisotopic (exact) mass is 370 g/mol. The highest BCUT2D eigenvalue weighted by Crippen LogP contribution is 2.32. The van der Waals surface area contributed by atoms with Crippen LogP contribution in [0.15, 0.2) is 16.6 Å². The standard InChI is InChI=1S/C10H12BrClN4O2.ClH/c1-5-3-6(11)4-7(12)8(5)16(9(13)14)10(17)15-18-2;/h3-4H,1-2H3,(H3,13,14)(H,15,17);1H. The first-order chi connectivity index (χ1) is 8.38. The van der Waals surface area contributed by atoms with Crippen molar-refractivity contribution < 1.29 is 9.63 Å². The lowest BCUT2D eigenvalue weighted by atomic mass is 10.2. The predicted octanol–water partition coefficient (Wildman–Crippen LogP) is 2.80. The maximum Gasteiger partial charge on any atom is 0.352 e. The van der Waals surface area contributed by atoms with Crippen LogP contribution in [0.25, 0.3) is 0 Å². The van der Waals surface area contributed by atoms with Crippen LogP contribution in [0.4, 0.5) is 10.5 Å². The Morgan fingerprint density at radius 1 is 1.58 bits per heavy atom. The number of nitrogens with one attached hydrogen (secondary N) is 2. The van der Waals surface area contributed by atoms with Gasteiger partial charge in [0.2, 0.25) is 5.96 Å². The molecule has 0 aliphatic rings. The Labute approximate surface area is 130 Å². The topological polar surface area (TPSA) is 91.4 Å². The Balaban J connectivity index is 0.00000324. The summed E-state index contributed by atoms with van der Waals surface area (Å²) in [6.45, 7) is 1.75. The summed E-state index contributed by atoms with van der Waals surface area (Å²) < 4.78 is 0.768. The van der Waals surface area contributed by atoms with Crippen molar-refractivity contribution in [3.05, 3.63) is 27.2 Å². The van der Waals surface area contributed by atoms with Gasteiger partial charge in [0.15, 0.2) is 0 Å². The van der Waals surface area contributed by atoms with E-state index in [0.717, 1.165) is 9.37 Å². The number of hydrogen-bond donors (Lipinski definition) is 3. The number of hydrogen-bond acceptors (Lipinski definition) is 3. The van der Waals surface area contributed by atoms with E-state index in [0.29, 0.717) is 16.3 Å². The first-order valence-electron chi connectivity index (χ1n) is 4.81. The molecule has 0 radical (unpaired) electrons. The van der Waals surface area contributed by atoms with E-state index in [2.05, 4.69) is 26.2 Å². The van der Waals surface area contributed by atoms with Crippen molar-refractivity contribution in [2.45, 2.75) is 6.92 Å². The zero-order valence-corrected chi connectivity index (χ0v) is 13.3. The number of urea groups is 1. The molecule has 1 aromatic rings. The molecule has 19 heavy (non-hydrogen) atoms. The van der Waals surface area contributed by atoms with E-state index in [-0.39, 0.29) is 12.4 Å². The number of anilines is 1. The fourth-order valence-electron chi connectivity index (χ4n) is 1.44. The number of nitrogens with two attached hydrogens (primary N) is 1. The molecule has 0 bridgehead atoms. The highest BCUT2D eigenvalue weighted by atomic mass is 79.9. The Morgan fingerprint density at radius 2 is 2.16 bits per heavy atom. The number of carbonyl (C=O) groups is 1. The van der Waals surface area contributed by atoms with Crippen molar-refractivity contribution in [3.63, 3.8) is 0 Å². The second-order valence-corrected chi connectivity index (χ2v) is 4.71. The molecular formula is C10H13BrCl2N4O2. The van der Waals surface area contributed by atoms with Crippen LogP contribution < -0.4 is 16.1 Å². The third-order valence-corrected chi connectivity index (χ3v) is 2.82. The summed E-state index contributed by atoms with van der Waals surface area (Å²) in [6.07, 6.45) is 0. The summed E-state index contributed by atoms with van der Waals surface area (Å²) in [6, 6.07) is 2.68. The average molecular weight is 372 g/mol. The van der Waals surface area contributed by atoms with Crippen LogP contribution >= 0.6 is 39.9 Å². The molecule has 4 N–H and O–H groups in total. The highest BCUT2D eigenvalue weighted by Gasteiger charge is 2.23. The largest absolute Gasteiger partial charge is 0.369 e. The Bertz CT molecular complexity index is 475. The molecule has 6 nitrogen and oxygen atoms in total. The van der Waals surface area contributed by atoms with Gasteiger partial charge in [-0.1, -0.05) is 27.5 Å². The molecule has 9 heteroatoms. The van der Waals surface area contributed by atoms with Crippen LogP contribution in [-0.2, 0) is 4.84 Å². The third-order valence-electron chi connectivity index (χ3n) is 2.08. The summed E-state index contributed by atoms with van der Waals surface area (Å²) in [5.41, 5.74) is 8.51. The van der Waals surface area contributed by atoms with E-state index in [9.17, 15) is 4.79 Å². The van der Waals surface area contributed by atoms with Crippen molar-refractivity contribution in [1.82, 2.24) is 5.48 Å². The van der Waals surface area contributed by atoms with Crippen LogP contribution in [0, 0.1) is 12.3 Å². The smallest absolute Gasteiger partial charge is 0.352 e. The van der Waals surface area contributed by atoms with E-state index in [1.807, 2.05) is 0 Å². The fourth-order valence-corrected chi connectivity index (χ4v) is 2.50. The lowest BCUT2D eigenvalue weighted by Gasteiger charge is -2.23. The molecule has 0 aliphatic carbocycles. The molecule has 0 atom stereocenters. The molecule has 0 aromatic heterocycles. The molecule has 0 aliphatic heterocycles. The van der Waals surface area contributed by atoms with Crippen LogP contribution in [0.3, 0.4) is 0 Å². The molecule has 1 aromatic carbocycles. The number of amides is 2. The number of guanidine groups is 1. The van der Waals surface area contributed by atoms with Gasteiger partial charge in [0.1, 0.15) is 0 Å². The molecule has 0 spiro atoms. The zero-order valence-electron chi connectivity index (χ0n) is 10.2. The first-order valence-corrected chi connectivity index (χ1v) is 5.98. The van der Waals surface area contributed by atoms with E-state index in [1.165, 1.54) is 7.11 Å². The minimum absolute atomic E-state index is 0. The van der Waals surface area contributed by atoms with Crippen LogP contribution in [0.1, 0.15) is 5.56 Å². The molecule has 0 unspecified atom stereocenters. The molecule has 0 saturated carbocycles. The van der Waals surface area contributed by atoms with Crippen molar-refractivity contribution >= 4 is 57.6 Å². The van der Waals surface area contributed by atoms with Crippen LogP contribution in [-0.4, -0.2) is 19.1 Å². The molecule has 0 heterocycles. The third kappa shape index (κ3) is 4.24. The molecular weight excluding hydrogens is 359 g/mol. The number of benzene rings is 1.